The van der Waals surface area contributed by atoms with E-state index in [0.29, 0.717) is 12.1 Å². The van der Waals surface area contributed by atoms with Gasteiger partial charge in [0.2, 0.25) is 0 Å². The molecule has 1 N–H and O–H groups in total. The Bertz CT molecular complexity index is 398. The van der Waals surface area contributed by atoms with Crippen LogP contribution in [0.15, 0.2) is 24.3 Å². The Morgan fingerprint density at radius 1 is 1.22 bits per heavy atom. The van der Waals surface area contributed by atoms with Gasteiger partial charge in [-0.2, -0.15) is 0 Å². The molecule has 1 aliphatic carbocycles. The van der Waals surface area contributed by atoms with Gasteiger partial charge in [-0.25, -0.2) is 0 Å². The summed E-state index contributed by atoms with van der Waals surface area (Å²) in [5.74, 6) is 1.88. The lowest BCUT2D eigenvalue weighted by molar-refractivity contribution is 0.0951. The second-order valence-corrected chi connectivity index (χ2v) is 5.58. The van der Waals surface area contributed by atoms with Crippen LogP contribution in [0.1, 0.15) is 50.6 Å². The molecule has 2 nitrogen and oxygen atoms in total. The van der Waals surface area contributed by atoms with Crippen LogP contribution in [-0.4, -0.2) is 12.6 Å². The van der Waals surface area contributed by atoms with E-state index < -0.39 is 0 Å². The molecule has 1 fully saturated rings. The Labute approximate surface area is 110 Å². The average molecular weight is 245 g/mol. The Morgan fingerprint density at radius 2 is 2.00 bits per heavy atom. The first kappa shape index (κ1) is 12.0. The first-order valence-corrected chi connectivity index (χ1v) is 7.37. The first-order valence-electron chi connectivity index (χ1n) is 7.37. The summed E-state index contributed by atoms with van der Waals surface area (Å²) >= 11 is 0. The number of ether oxygens (including phenoxy) is 1. The van der Waals surface area contributed by atoms with Gasteiger partial charge in [0.05, 0.1) is 0 Å². The number of hydrogen-bond acceptors (Lipinski definition) is 2. The summed E-state index contributed by atoms with van der Waals surface area (Å²) in [7, 11) is 0. The standard InChI is InChI=1S/C16H23NO/c1-2-17-14-11-16(12-7-3-4-8-12)18-15-10-6-5-9-13(14)15/h5-6,9-10,12,14,16-17H,2-4,7-8,11H2,1H3. The Balaban J connectivity index is 1.82. The Kier molecular flexibility index (Phi) is 3.55. The minimum atomic E-state index is 0.423. The van der Waals surface area contributed by atoms with Gasteiger partial charge in [0.25, 0.3) is 0 Å². The van der Waals surface area contributed by atoms with Gasteiger partial charge in [0.15, 0.2) is 0 Å². The zero-order valence-corrected chi connectivity index (χ0v) is 11.2. The number of benzene rings is 1. The van der Waals surface area contributed by atoms with Crippen LogP contribution in [0, 0.1) is 5.92 Å². The van der Waals surface area contributed by atoms with E-state index in [1.165, 1.54) is 31.2 Å². The van der Waals surface area contributed by atoms with E-state index in [9.17, 15) is 0 Å². The maximum Gasteiger partial charge on any atom is 0.124 e. The highest BCUT2D eigenvalue weighted by Crippen LogP contribution is 2.40. The van der Waals surface area contributed by atoms with Gasteiger partial charge < -0.3 is 10.1 Å². The molecule has 1 aromatic carbocycles. The van der Waals surface area contributed by atoms with Crippen molar-refractivity contribution in [2.24, 2.45) is 5.92 Å². The molecule has 2 heteroatoms. The minimum absolute atomic E-state index is 0.423. The van der Waals surface area contributed by atoms with E-state index in [-0.39, 0.29) is 0 Å². The van der Waals surface area contributed by atoms with Crippen LogP contribution < -0.4 is 10.1 Å². The fourth-order valence-electron chi connectivity index (χ4n) is 3.50. The Hall–Kier alpha value is -1.02. The zero-order valence-electron chi connectivity index (χ0n) is 11.2. The van der Waals surface area contributed by atoms with Crippen molar-refractivity contribution in [2.75, 3.05) is 6.54 Å². The third-order valence-electron chi connectivity index (χ3n) is 4.42. The van der Waals surface area contributed by atoms with Crippen molar-refractivity contribution in [2.45, 2.75) is 51.2 Å². The van der Waals surface area contributed by atoms with Gasteiger partial charge in [-0.3, -0.25) is 0 Å². The van der Waals surface area contributed by atoms with Gasteiger partial charge >= 0.3 is 0 Å². The van der Waals surface area contributed by atoms with Gasteiger partial charge in [0.1, 0.15) is 11.9 Å². The molecule has 1 aliphatic heterocycles. The molecule has 3 rings (SSSR count). The second-order valence-electron chi connectivity index (χ2n) is 5.58. The van der Waals surface area contributed by atoms with Crippen LogP contribution in [0.25, 0.3) is 0 Å². The van der Waals surface area contributed by atoms with Gasteiger partial charge in [0, 0.05) is 18.0 Å². The smallest absolute Gasteiger partial charge is 0.124 e. The van der Waals surface area contributed by atoms with Crippen molar-refractivity contribution in [1.82, 2.24) is 5.32 Å². The number of para-hydroxylation sites is 1. The normalized spacial score (nSPS) is 27.8. The van der Waals surface area contributed by atoms with Crippen LogP contribution in [0.2, 0.25) is 0 Å². The molecule has 18 heavy (non-hydrogen) atoms. The van der Waals surface area contributed by atoms with Crippen molar-refractivity contribution in [1.29, 1.82) is 0 Å². The number of hydrogen-bond donors (Lipinski definition) is 1. The molecule has 2 unspecified atom stereocenters. The van der Waals surface area contributed by atoms with Crippen LogP contribution in [0.4, 0.5) is 0 Å². The van der Waals surface area contributed by atoms with E-state index in [2.05, 4.69) is 36.5 Å². The molecule has 0 spiro atoms. The van der Waals surface area contributed by atoms with E-state index in [0.717, 1.165) is 24.6 Å². The largest absolute Gasteiger partial charge is 0.490 e. The van der Waals surface area contributed by atoms with Crippen molar-refractivity contribution >= 4 is 0 Å². The van der Waals surface area contributed by atoms with Crippen LogP contribution >= 0.6 is 0 Å². The number of rotatable bonds is 3. The second kappa shape index (κ2) is 5.31. The van der Waals surface area contributed by atoms with Gasteiger partial charge in [-0.1, -0.05) is 38.0 Å². The van der Waals surface area contributed by atoms with Crippen molar-refractivity contribution in [3.8, 4) is 5.75 Å². The lowest BCUT2D eigenvalue weighted by Gasteiger charge is -2.35. The summed E-state index contributed by atoms with van der Waals surface area (Å²) in [6.45, 7) is 3.21. The number of fused-ring (bicyclic) bond motifs is 1. The quantitative estimate of drug-likeness (QED) is 0.877. The third-order valence-corrected chi connectivity index (χ3v) is 4.42. The van der Waals surface area contributed by atoms with E-state index >= 15 is 0 Å². The molecule has 0 bridgehead atoms. The maximum atomic E-state index is 6.25. The van der Waals surface area contributed by atoms with Gasteiger partial charge in [-0.05, 0) is 31.4 Å². The molecule has 1 saturated carbocycles. The fourth-order valence-corrected chi connectivity index (χ4v) is 3.50. The predicted octanol–water partition coefficient (Wildman–Crippen LogP) is 3.68. The molecule has 0 amide bonds. The zero-order chi connectivity index (χ0) is 12.4. The topological polar surface area (TPSA) is 21.3 Å². The highest BCUT2D eigenvalue weighted by atomic mass is 16.5. The highest BCUT2D eigenvalue weighted by Gasteiger charge is 2.34. The first-order chi connectivity index (χ1) is 8.88. The Morgan fingerprint density at radius 3 is 2.78 bits per heavy atom. The lowest BCUT2D eigenvalue weighted by atomic mass is 9.89. The summed E-state index contributed by atoms with van der Waals surface area (Å²) in [5.41, 5.74) is 1.34. The molecular formula is C16H23NO. The van der Waals surface area contributed by atoms with E-state index in [1.54, 1.807) is 0 Å². The SMILES string of the molecule is CCNC1CC(C2CCCC2)Oc2ccccc21. The van der Waals surface area contributed by atoms with Crippen LogP contribution in [0.5, 0.6) is 5.75 Å². The van der Waals surface area contributed by atoms with Crippen molar-refractivity contribution in [3.63, 3.8) is 0 Å². The molecule has 0 aromatic heterocycles. The van der Waals surface area contributed by atoms with Crippen LogP contribution in [0.3, 0.4) is 0 Å². The van der Waals surface area contributed by atoms with Gasteiger partial charge in [-0.15, -0.1) is 0 Å². The maximum absolute atomic E-state index is 6.25. The summed E-state index contributed by atoms with van der Waals surface area (Å²) in [4.78, 5) is 0. The third kappa shape index (κ3) is 2.26. The molecule has 98 valence electrons. The highest BCUT2D eigenvalue weighted by molar-refractivity contribution is 5.38. The lowest BCUT2D eigenvalue weighted by Crippen LogP contribution is -2.36. The van der Waals surface area contributed by atoms with Crippen LogP contribution in [-0.2, 0) is 0 Å². The summed E-state index contributed by atoms with van der Waals surface area (Å²) in [5, 5.41) is 3.61. The minimum Gasteiger partial charge on any atom is -0.490 e. The fraction of sp³-hybridized carbons (Fsp3) is 0.625. The molecule has 0 radical (unpaired) electrons. The molecular weight excluding hydrogens is 222 g/mol. The van der Waals surface area contributed by atoms with E-state index in [1.807, 2.05) is 0 Å². The van der Waals surface area contributed by atoms with Crippen molar-refractivity contribution < 1.29 is 4.74 Å². The molecule has 2 aliphatic rings. The van der Waals surface area contributed by atoms with E-state index in [4.69, 9.17) is 4.74 Å². The monoisotopic (exact) mass is 245 g/mol. The summed E-state index contributed by atoms with van der Waals surface area (Å²) in [6.07, 6.45) is 7.04. The molecule has 1 heterocycles. The molecule has 1 aromatic rings. The average Bonchev–Trinajstić information content (AvgIpc) is 2.93. The molecule has 0 saturated heterocycles. The van der Waals surface area contributed by atoms with Crippen molar-refractivity contribution in [3.05, 3.63) is 29.8 Å². The summed E-state index contributed by atoms with van der Waals surface area (Å²) in [6, 6.07) is 9.00. The number of nitrogens with one attached hydrogen (secondary N) is 1. The molecule has 2 atom stereocenters. The predicted molar refractivity (Wildman–Crippen MR) is 73.9 cm³/mol. The summed E-state index contributed by atoms with van der Waals surface area (Å²) < 4.78 is 6.25.